The summed E-state index contributed by atoms with van der Waals surface area (Å²) in [6, 6.07) is 0.939. The molecular weight excluding hydrogens is 222 g/mol. The highest BCUT2D eigenvalue weighted by Crippen LogP contribution is 2.24. The molecule has 1 rings (SSSR count). The van der Waals surface area contributed by atoms with Gasteiger partial charge in [-0.05, 0) is 33.1 Å². The van der Waals surface area contributed by atoms with Crippen LogP contribution in [0.15, 0.2) is 0 Å². The largest absolute Gasteiger partial charge is 0.337 e. The molecule has 18 heavy (non-hydrogen) atoms. The van der Waals surface area contributed by atoms with Gasteiger partial charge in [-0.3, -0.25) is 4.79 Å². The molecule has 0 radical (unpaired) electrons. The van der Waals surface area contributed by atoms with E-state index >= 15 is 0 Å². The predicted molar refractivity (Wildman–Crippen MR) is 77.6 cm³/mol. The Labute approximate surface area is 113 Å². The summed E-state index contributed by atoms with van der Waals surface area (Å²) in [4.78, 5) is 14.2. The summed E-state index contributed by atoms with van der Waals surface area (Å²) >= 11 is 0. The Morgan fingerprint density at radius 2 is 1.44 bits per heavy atom. The molecule has 0 aromatic heterocycles. The van der Waals surface area contributed by atoms with Crippen LogP contribution >= 0.6 is 0 Å². The summed E-state index contributed by atoms with van der Waals surface area (Å²) < 4.78 is 0. The molecule has 0 N–H and O–H groups in total. The van der Waals surface area contributed by atoms with Crippen molar-refractivity contribution >= 4 is 5.91 Å². The molecule has 106 valence electrons. The maximum absolute atomic E-state index is 12.1. The minimum absolute atomic E-state index is 0.390. The first-order valence-corrected chi connectivity index (χ1v) is 7.98. The molecule has 1 aliphatic heterocycles. The number of carbonyl (C=O) groups excluding carboxylic acids is 1. The standard InChI is InChI=1S/C16H31NO/c1-4-5-6-7-8-9-10-11-16(18)17-14(2)12-13-15(17)3/h14-15H,4-13H2,1-3H3/t14-,15+. The summed E-state index contributed by atoms with van der Waals surface area (Å²) in [5, 5.41) is 0. The molecule has 2 atom stereocenters. The lowest BCUT2D eigenvalue weighted by Gasteiger charge is -2.26. The highest BCUT2D eigenvalue weighted by atomic mass is 16.2. The Hall–Kier alpha value is -0.530. The number of rotatable bonds is 8. The molecule has 0 aromatic carbocycles. The van der Waals surface area contributed by atoms with E-state index in [0.29, 0.717) is 18.0 Å². The summed E-state index contributed by atoms with van der Waals surface area (Å²) in [6.45, 7) is 6.62. The molecule has 1 fully saturated rings. The molecule has 0 bridgehead atoms. The highest BCUT2D eigenvalue weighted by Gasteiger charge is 2.30. The van der Waals surface area contributed by atoms with Gasteiger partial charge in [0.2, 0.25) is 5.91 Å². The molecule has 2 heteroatoms. The lowest BCUT2D eigenvalue weighted by Crippen LogP contribution is -2.38. The van der Waals surface area contributed by atoms with Crippen LogP contribution in [-0.4, -0.2) is 22.9 Å². The Morgan fingerprint density at radius 1 is 0.944 bits per heavy atom. The molecule has 1 heterocycles. The van der Waals surface area contributed by atoms with Gasteiger partial charge < -0.3 is 4.90 Å². The van der Waals surface area contributed by atoms with Gasteiger partial charge in [0.05, 0.1) is 0 Å². The highest BCUT2D eigenvalue weighted by molar-refractivity contribution is 5.77. The van der Waals surface area contributed by atoms with Gasteiger partial charge in [-0.1, -0.05) is 45.4 Å². The number of hydrogen-bond acceptors (Lipinski definition) is 1. The van der Waals surface area contributed by atoms with Gasteiger partial charge in [-0.25, -0.2) is 0 Å². The first kappa shape index (κ1) is 15.5. The van der Waals surface area contributed by atoms with E-state index in [0.717, 1.165) is 12.8 Å². The van der Waals surface area contributed by atoms with Crippen LogP contribution < -0.4 is 0 Å². The molecule has 1 aliphatic rings. The summed E-state index contributed by atoms with van der Waals surface area (Å²) in [7, 11) is 0. The van der Waals surface area contributed by atoms with Crippen molar-refractivity contribution < 1.29 is 4.79 Å². The van der Waals surface area contributed by atoms with Crippen molar-refractivity contribution in [3.8, 4) is 0 Å². The van der Waals surface area contributed by atoms with E-state index in [9.17, 15) is 4.79 Å². The van der Waals surface area contributed by atoms with Crippen LogP contribution in [0.5, 0.6) is 0 Å². The third-order valence-electron chi connectivity index (χ3n) is 4.23. The van der Waals surface area contributed by atoms with E-state index < -0.39 is 0 Å². The minimum Gasteiger partial charge on any atom is -0.337 e. The lowest BCUT2D eigenvalue weighted by atomic mass is 10.1. The average Bonchev–Trinajstić information content (AvgIpc) is 2.68. The number of amides is 1. The number of carbonyl (C=O) groups is 1. The maximum atomic E-state index is 12.1. The average molecular weight is 253 g/mol. The molecule has 0 spiro atoms. The van der Waals surface area contributed by atoms with Gasteiger partial charge >= 0.3 is 0 Å². The van der Waals surface area contributed by atoms with Crippen LogP contribution in [0.1, 0.15) is 85.0 Å². The van der Waals surface area contributed by atoms with E-state index in [-0.39, 0.29) is 0 Å². The van der Waals surface area contributed by atoms with E-state index in [1.807, 2.05) is 0 Å². The molecule has 0 saturated carbocycles. The van der Waals surface area contributed by atoms with Crippen molar-refractivity contribution in [1.29, 1.82) is 0 Å². The normalized spacial score (nSPS) is 23.6. The number of hydrogen-bond donors (Lipinski definition) is 0. The molecule has 1 amide bonds. The molecule has 2 nitrogen and oxygen atoms in total. The SMILES string of the molecule is CCCCCCCCCC(=O)N1[C@H](C)CC[C@@H]1C. The van der Waals surface area contributed by atoms with Crippen LogP contribution in [0.4, 0.5) is 0 Å². The fourth-order valence-corrected chi connectivity index (χ4v) is 3.05. The van der Waals surface area contributed by atoms with Gasteiger partial charge in [0.15, 0.2) is 0 Å². The molecule has 0 unspecified atom stereocenters. The van der Waals surface area contributed by atoms with E-state index in [4.69, 9.17) is 0 Å². The van der Waals surface area contributed by atoms with Crippen molar-refractivity contribution in [2.45, 2.75) is 97.1 Å². The van der Waals surface area contributed by atoms with Crippen molar-refractivity contribution in [2.75, 3.05) is 0 Å². The van der Waals surface area contributed by atoms with Crippen molar-refractivity contribution in [3.05, 3.63) is 0 Å². The summed E-state index contributed by atoms with van der Waals surface area (Å²) in [5.74, 6) is 0.390. The Morgan fingerprint density at radius 3 is 2.00 bits per heavy atom. The molecule has 1 saturated heterocycles. The van der Waals surface area contributed by atoms with Gasteiger partial charge in [0.1, 0.15) is 0 Å². The first-order valence-electron chi connectivity index (χ1n) is 7.98. The zero-order valence-electron chi connectivity index (χ0n) is 12.6. The van der Waals surface area contributed by atoms with Crippen LogP contribution in [0.3, 0.4) is 0 Å². The first-order chi connectivity index (χ1) is 8.66. The van der Waals surface area contributed by atoms with Gasteiger partial charge in [-0.15, -0.1) is 0 Å². The van der Waals surface area contributed by atoms with Gasteiger partial charge in [-0.2, -0.15) is 0 Å². The van der Waals surface area contributed by atoms with Crippen LogP contribution in [0.2, 0.25) is 0 Å². The van der Waals surface area contributed by atoms with Crippen molar-refractivity contribution in [1.82, 2.24) is 4.90 Å². The van der Waals surface area contributed by atoms with Crippen molar-refractivity contribution in [3.63, 3.8) is 0 Å². The lowest BCUT2D eigenvalue weighted by molar-refractivity contribution is -0.133. The second-order valence-electron chi connectivity index (χ2n) is 5.95. The third kappa shape index (κ3) is 4.99. The Balaban J connectivity index is 2.06. The monoisotopic (exact) mass is 253 g/mol. The Kier molecular flexibility index (Phi) is 7.38. The second kappa shape index (κ2) is 8.55. The zero-order valence-corrected chi connectivity index (χ0v) is 12.6. The summed E-state index contributed by atoms with van der Waals surface area (Å²) in [6.07, 6.45) is 12.1. The molecule has 0 aliphatic carbocycles. The van der Waals surface area contributed by atoms with Gasteiger partial charge in [0.25, 0.3) is 0 Å². The van der Waals surface area contributed by atoms with Crippen molar-refractivity contribution in [2.24, 2.45) is 0 Å². The molecule has 0 aromatic rings. The maximum Gasteiger partial charge on any atom is 0.223 e. The predicted octanol–water partition coefficient (Wildman–Crippen LogP) is 4.53. The molecular formula is C16H31NO. The van der Waals surface area contributed by atoms with E-state index in [1.165, 1.54) is 51.4 Å². The number of unbranched alkanes of at least 4 members (excludes halogenated alkanes) is 6. The summed E-state index contributed by atoms with van der Waals surface area (Å²) in [5.41, 5.74) is 0. The smallest absolute Gasteiger partial charge is 0.223 e. The van der Waals surface area contributed by atoms with Crippen LogP contribution in [0, 0.1) is 0 Å². The van der Waals surface area contributed by atoms with E-state index in [1.54, 1.807) is 0 Å². The fourth-order valence-electron chi connectivity index (χ4n) is 3.05. The number of nitrogens with zero attached hydrogens (tertiary/aromatic N) is 1. The quantitative estimate of drug-likeness (QED) is 0.582. The second-order valence-corrected chi connectivity index (χ2v) is 5.95. The van der Waals surface area contributed by atoms with Crippen LogP contribution in [0.25, 0.3) is 0 Å². The minimum atomic E-state index is 0.390. The van der Waals surface area contributed by atoms with Gasteiger partial charge in [0, 0.05) is 18.5 Å². The topological polar surface area (TPSA) is 20.3 Å². The van der Waals surface area contributed by atoms with E-state index in [2.05, 4.69) is 25.7 Å². The Bertz CT molecular complexity index is 229. The van der Waals surface area contributed by atoms with Crippen LogP contribution in [-0.2, 0) is 4.79 Å². The zero-order chi connectivity index (χ0) is 13.4. The third-order valence-corrected chi connectivity index (χ3v) is 4.23. The number of likely N-dealkylation sites (tertiary alicyclic amines) is 1. The fraction of sp³-hybridized carbons (Fsp3) is 0.938.